The Morgan fingerprint density at radius 2 is 1.92 bits per heavy atom. The van der Waals surface area contributed by atoms with Crippen molar-refractivity contribution in [3.05, 3.63) is 17.5 Å². The summed E-state index contributed by atoms with van der Waals surface area (Å²) in [6, 6.07) is 2.03. The average Bonchev–Trinajstić information content (AvgIpc) is 3.19. The van der Waals surface area contributed by atoms with Crippen LogP contribution in [0.5, 0.6) is 0 Å². The fourth-order valence-corrected chi connectivity index (χ4v) is 3.19. The van der Waals surface area contributed by atoms with Gasteiger partial charge in [0.1, 0.15) is 6.54 Å². The van der Waals surface area contributed by atoms with Crippen LogP contribution >= 0.6 is 0 Å². The molecule has 1 saturated carbocycles. The van der Waals surface area contributed by atoms with Gasteiger partial charge in [-0.05, 0) is 36.1 Å². The van der Waals surface area contributed by atoms with Gasteiger partial charge in [-0.25, -0.2) is 4.68 Å². The van der Waals surface area contributed by atoms with E-state index in [4.69, 9.17) is 9.26 Å². The third-order valence-corrected chi connectivity index (χ3v) is 4.82. The second kappa shape index (κ2) is 6.51. The first kappa shape index (κ1) is 15.6. The molecule has 1 aliphatic carbocycles. The Balaban J connectivity index is 1.50. The van der Waals surface area contributed by atoms with Crippen molar-refractivity contribution in [3.63, 3.8) is 0 Å². The van der Waals surface area contributed by atoms with Crippen molar-refractivity contribution in [2.75, 3.05) is 18.0 Å². The molecule has 0 aromatic carbocycles. The van der Waals surface area contributed by atoms with Gasteiger partial charge in [0.05, 0.1) is 17.9 Å². The molecule has 24 heavy (non-hydrogen) atoms. The summed E-state index contributed by atoms with van der Waals surface area (Å²) in [6.45, 7) is 6.44. The molecule has 2 fully saturated rings. The summed E-state index contributed by atoms with van der Waals surface area (Å²) in [4.78, 5) is 2.23. The lowest BCUT2D eigenvalue weighted by Gasteiger charge is -2.37. The van der Waals surface area contributed by atoms with E-state index in [1.165, 1.54) is 12.8 Å². The van der Waals surface area contributed by atoms with E-state index in [1.807, 2.05) is 6.07 Å². The van der Waals surface area contributed by atoms with Crippen LogP contribution in [0.15, 0.2) is 10.6 Å². The third-order valence-electron chi connectivity index (χ3n) is 4.82. The highest BCUT2D eigenvalue weighted by molar-refractivity contribution is 5.30. The number of tetrazole rings is 1. The first-order valence-electron chi connectivity index (χ1n) is 8.88. The van der Waals surface area contributed by atoms with Crippen molar-refractivity contribution in [2.45, 2.75) is 64.2 Å². The monoisotopic (exact) mass is 332 g/mol. The molecule has 0 amide bonds. The van der Waals surface area contributed by atoms with Gasteiger partial charge in [-0.3, -0.25) is 0 Å². The van der Waals surface area contributed by atoms with Crippen LogP contribution in [0.4, 0.5) is 5.95 Å². The van der Waals surface area contributed by atoms with Crippen LogP contribution < -0.4 is 4.90 Å². The van der Waals surface area contributed by atoms with Crippen molar-refractivity contribution in [1.29, 1.82) is 0 Å². The third kappa shape index (κ3) is 3.15. The molecule has 2 atom stereocenters. The molecule has 0 spiro atoms. The number of ether oxygens (including phenoxy) is 1. The van der Waals surface area contributed by atoms with Crippen LogP contribution in [-0.2, 0) is 11.3 Å². The maximum Gasteiger partial charge on any atom is 0.246 e. The lowest BCUT2D eigenvalue weighted by Crippen LogP contribution is -2.48. The molecular weight excluding hydrogens is 308 g/mol. The standard InChI is InChI=1S/C16H24N6O2/c1-3-12-8-21(9-13(4-2)23-12)16-17-19-20-22(16)10-14-7-15(18-24-14)11-5-6-11/h7,11-13H,3-6,8-10H2,1-2H3. The Bertz CT molecular complexity index is 668. The predicted octanol–water partition coefficient (Wildman–Crippen LogP) is 1.98. The van der Waals surface area contributed by atoms with E-state index in [9.17, 15) is 0 Å². The molecule has 2 aromatic rings. The molecule has 2 aromatic heterocycles. The van der Waals surface area contributed by atoms with Gasteiger partial charge in [-0.1, -0.05) is 24.1 Å². The summed E-state index contributed by atoms with van der Waals surface area (Å²) >= 11 is 0. The van der Waals surface area contributed by atoms with Crippen molar-refractivity contribution >= 4 is 5.95 Å². The van der Waals surface area contributed by atoms with Crippen LogP contribution in [0.25, 0.3) is 0 Å². The molecule has 2 aliphatic rings. The highest BCUT2D eigenvalue weighted by atomic mass is 16.5. The number of rotatable bonds is 6. The van der Waals surface area contributed by atoms with E-state index in [0.717, 1.165) is 43.3 Å². The van der Waals surface area contributed by atoms with Gasteiger partial charge in [-0.2, -0.15) is 0 Å². The molecule has 130 valence electrons. The Kier molecular flexibility index (Phi) is 4.22. The van der Waals surface area contributed by atoms with Crippen LogP contribution in [0.1, 0.15) is 56.9 Å². The van der Waals surface area contributed by atoms with Crippen molar-refractivity contribution < 1.29 is 9.26 Å². The number of nitrogens with zero attached hydrogens (tertiary/aromatic N) is 6. The molecule has 8 nitrogen and oxygen atoms in total. The second-order valence-corrected chi connectivity index (χ2v) is 6.73. The van der Waals surface area contributed by atoms with Crippen LogP contribution in [0, 0.1) is 0 Å². The van der Waals surface area contributed by atoms with Crippen molar-refractivity contribution in [2.24, 2.45) is 0 Å². The summed E-state index contributed by atoms with van der Waals surface area (Å²) in [5, 5.41) is 16.4. The minimum atomic E-state index is 0.223. The number of hydrogen-bond donors (Lipinski definition) is 0. The predicted molar refractivity (Wildman–Crippen MR) is 86.9 cm³/mol. The van der Waals surface area contributed by atoms with Gasteiger partial charge in [0, 0.05) is 25.1 Å². The van der Waals surface area contributed by atoms with Crippen molar-refractivity contribution in [1.82, 2.24) is 25.4 Å². The quantitative estimate of drug-likeness (QED) is 0.800. The average molecular weight is 332 g/mol. The van der Waals surface area contributed by atoms with E-state index in [1.54, 1.807) is 4.68 Å². The number of morpholine rings is 1. The molecule has 0 N–H and O–H groups in total. The molecule has 3 heterocycles. The van der Waals surface area contributed by atoms with E-state index >= 15 is 0 Å². The number of anilines is 1. The minimum Gasteiger partial charge on any atom is -0.371 e. The van der Waals surface area contributed by atoms with E-state index in [0.29, 0.717) is 12.5 Å². The Morgan fingerprint density at radius 3 is 2.58 bits per heavy atom. The topological polar surface area (TPSA) is 82.1 Å². The fourth-order valence-electron chi connectivity index (χ4n) is 3.19. The smallest absolute Gasteiger partial charge is 0.246 e. The molecule has 1 saturated heterocycles. The largest absolute Gasteiger partial charge is 0.371 e. The van der Waals surface area contributed by atoms with Crippen LogP contribution in [0.2, 0.25) is 0 Å². The van der Waals surface area contributed by atoms with Crippen LogP contribution in [0.3, 0.4) is 0 Å². The van der Waals surface area contributed by atoms with E-state index in [2.05, 4.69) is 39.4 Å². The maximum absolute atomic E-state index is 6.06. The number of hydrogen-bond acceptors (Lipinski definition) is 7. The van der Waals surface area contributed by atoms with Crippen LogP contribution in [-0.4, -0.2) is 50.7 Å². The SMILES string of the molecule is CCC1CN(c2nnnn2Cc2cc(C3CC3)no2)CC(CC)O1. The molecule has 0 bridgehead atoms. The first-order valence-corrected chi connectivity index (χ1v) is 8.88. The molecular formula is C16H24N6O2. The Hall–Kier alpha value is -1.96. The van der Waals surface area contributed by atoms with Gasteiger partial charge >= 0.3 is 0 Å². The maximum atomic E-state index is 6.06. The highest BCUT2D eigenvalue weighted by Crippen LogP contribution is 2.39. The zero-order chi connectivity index (χ0) is 16.5. The van der Waals surface area contributed by atoms with Gasteiger partial charge in [0.25, 0.3) is 0 Å². The molecule has 8 heteroatoms. The zero-order valence-corrected chi connectivity index (χ0v) is 14.3. The summed E-state index contributed by atoms with van der Waals surface area (Å²) in [5.41, 5.74) is 1.06. The Labute approximate surface area is 141 Å². The fraction of sp³-hybridized carbons (Fsp3) is 0.750. The summed E-state index contributed by atoms with van der Waals surface area (Å²) in [6.07, 6.45) is 4.85. The van der Waals surface area contributed by atoms with E-state index < -0.39 is 0 Å². The first-order chi connectivity index (χ1) is 11.8. The number of aromatic nitrogens is 5. The van der Waals surface area contributed by atoms with Gasteiger partial charge in [0.2, 0.25) is 5.95 Å². The summed E-state index contributed by atoms with van der Waals surface area (Å²) < 4.78 is 13.3. The summed E-state index contributed by atoms with van der Waals surface area (Å²) in [5.74, 6) is 2.17. The van der Waals surface area contributed by atoms with Gasteiger partial charge in [0.15, 0.2) is 5.76 Å². The van der Waals surface area contributed by atoms with Crippen molar-refractivity contribution in [3.8, 4) is 0 Å². The lowest BCUT2D eigenvalue weighted by molar-refractivity contribution is -0.0292. The Morgan fingerprint density at radius 1 is 1.17 bits per heavy atom. The zero-order valence-electron chi connectivity index (χ0n) is 14.3. The van der Waals surface area contributed by atoms with Gasteiger partial charge < -0.3 is 14.2 Å². The highest BCUT2D eigenvalue weighted by Gasteiger charge is 2.30. The molecule has 1 aliphatic heterocycles. The molecule has 0 radical (unpaired) electrons. The normalized spacial score (nSPS) is 24.5. The summed E-state index contributed by atoms with van der Waals surface area (Å²) in [7, 11) is 0. The minimum absolute atomic E-state index is 0.223. The second-order valence-electron chi connectivity index (χ2n) is 6.73. The molecule has 2 unspecified atom stereocenters. The lowest BCUT2D eigenvalue weighted by atomic mass is 10.1. The van der Waals surface area contributed by atoms with E-state index in [-0.39, 0.29) is 12.2 Å². The molecule has 4 rings (SSSR count). The van der Waals surface area contributed by atoms with Gasteiger partial charge in [-0.15, -0.1) is 0 Å².